The van der Waals surface area contributed by atoms with Gasteiger partial charge in [0.25, 0.3) is 0 Å². The second kappa shape index (κ2) is 14.6. The standard InChI is InChI=1S/C64H38N2S2/c1-2-15-42(16-3-1)65(44-30-34-61-56(36-44)50-22-10-11-24-60(50)67-61)43-28-25-39(26-29-43)41-27-33-59-55(35-41)51-31-32-52-57-37-53-48-20-8-6-18-46(48)47-19-7-9-21-49(47)54(53)38-62(57)68-64(52)63(51)66(59)58-23-12-14-40-13-4-5-17-45(40)58/h1-38H. The van der Waals surface area contributed by atoms with Crippen molar-refractivity contribution < 1.29 is 0 Å². The molecule has 316 valence electrons. The lowest BCUT2D eigenvalue weighted by molar-refractivity contribution is 1.21. The molecule has 0 N–H and O–H groups in total. The number of benzene rings is 12. The summed E-state index contributed by atoms with van der Waals surface area (Å²) in [6.45, 7) is 0. The minimum Gasteiger partial charge on any atom is -0.310 e. The molecular formula is C64H38N2S2. The van der Waals surface area contributed by atoms with E-state index in [0.29, 0.717) is 0 Å². The largest absolute Gasteiger partial charge is 0.310 e. The monoisotopic (exact) mass is 898 g/mol. The first-order valence-electron chi connectivity index (χ1n) is 23.2. The molecule has 0 radical (unpaired) electrons. The Kier molecular flexibility index (Phi) is 8.14. The highest BCUT2D eigenvalue weighted by molar-refractivity contribution is 7.27. The first kappa shape index (κ1) is 37.9. The zero-order chi connectivity index (χ0) is 44.5. The van der Waals surface area contributed by atoms with Crippen molar-refractivity contribution in [3.8, 4) is 16.8 Å². The summed E-state index contributed by atoms with van der Waals surface area (Å²) < 4.78 is 7.79. The lowest BCUT2D eigenvalue weighted by atomic mass is 9.93. The Hall–Kier alpha value is -8.28. The molecular weight excluding hydrogens is 861 g/mol. The molecule has 3 heterocycles. The predicted molar refractivity (Wildman–Crippen MR) is 297 cm³/mol. The van der Waals surface area contributed by atoms with Crippen LogP contribution in [0.15, 0.2) is 231 Å². The molecule has 0 saturated heterocycles. The smallest absolute Gasteiger partial charge is 0.0720 e. The van der Waals surface area contributed by atoms with Gasteiger partial charge in [-0.25, -0.2) is 0 Å². The summed E-state index contributed by atoms with van der Waals surface area (Å²) in [6, 6.07) is 85.6. The fraction of sp³-hybridized carbons (Fsp3) is 0. The van der Waals surface area contributed by atoms with E-state index in [-0.39, 0.29) is 0 Å². The van der Waals surface area contributed by atoms with Gasteiger partial charge in [-0.2, -0.15) is 0 Å². The van der Waals surface area contributed by atoms with Crippen LogP contribution in [0.25, 0.3) is 122 Å². The summed E-state index contributed by atoms with van der Waals surface area (Å²) in [5.74, 6) is 0. The van der Waals surface area contributed by atoms with E-state index in [1.54, 1.807) is 0 Å². The van der Waals surface area contributed by atoms with Gasteiger partial charge in [0.05, 0.1) is 21.4 Å². The van der Waals surface area contributed by atoms with E-state index in [0.717, 1.165) is 17.1 Å². The van der Waals surface area contributed by atoms with E-state index < -0.39 is 0 Å². The zero-order valence-corrected chi connectivity index (χ0v) is 38.3. The van der Waals surface area contributed by atoms with Gasteiger partial charge in [0.15, 0.2) is 0 Å². The van der Waals surface area contributed by atoms with Gasteiger partial charge >= 0.3 is 0 Å². The van der Waals surface area contributed by atoms with Gasteiger partial charge in [0.1, 0.15) is 0 Å². The van der Waals surface area contributed by atoms with Crippen LogP contribution in [-0.2, 0) is 0 Å². The lowest BCUT2D eigenvalue weighted by Gasteiger charge is -2.26. The maximum atomic E-state index is 2.55. The molecule has 12 aromatic carbocycles. The third-order valence-electron chi connectivity index (χ3n) is 14.3. The Bertz CT molecular complexity index is 4550. The molecule has 0 atom stereocenters. The van der Waals surface area contributed by atoms with Crippen LogP contribution in [-0.4, -0.2) is 4.57 Å². The summed E-state index contributed by atoms with van der Waals surface area (Å²) >= 11 is 3.78. The molecule has 4 heteroatoms. The second-order valence-corrected chi connectivity index (χ2v) is 20.1. The Labute approximate surface area is 399 Å². The van der Waals surface area contributed by atoms with Crippen molar-refractivity contribution in [2.45, 2.75) is 0 Å². The molecule has 15 aromatic rings. The number of thiophene rings is 2. The third-order valence-corrected chi connectivity index (χ3v) is 16.7. The van der Waals surface area contributed by atoms with Gasteiger partial charge in [0.2, 0.25) is 0 Å². The van der Waals surface area contributed by atoms with Crippen LogP contribution in [0.3, 0.4) is 0 Å². The number of fused-ring (bicyclic) bond motifs is 17. The van der Waals surface area contributed by atoms with Crippen molar-refractivity contribution in [3.63, 3.8) is 0 Å². The number of nitrogens with zero attached hydrogens (tertiary/aromatic N) is 2. The van der Waals surface area contributed by atoms with Crippen molar-refractivity contribution in [1.82, 2.24) is 4.57 Å². The average molecular weight is 899 g/mol. The zero-order valence-electron chi connectivity index (χ0n) is 36.7. The van der Waals surface area contributed by atoms with Gasteiger partial charge in [0, 0.05) is 68.9 Å². The molecule has 68 heavy (non-hydrogen) atoms. The van der Waals surface area contributed by atoms with Crippen molar-refractivity contribution >= 4 is 145 Å². The molecule has 0 saturated carbocycles. The first-order valence-corrected chi connectivity index (χ1v) is 24.9. The van der Waals surface area contributed by atoms with Crippen molar-refractivity contribution in [1.29, 1.82) is 0 Å². The summed E-state index contributed by atoms with van der Waals surface area (Å²) in [5, 5.41) is 18.0. The maximum Gasteiger partial charge on any atom is 0.0720 e. The number of rotatable bonds is 5. The van der Waals surface area contributed by atoms with E-state index in [1.165, 1.54) is 122 Å². The quantitative estimate of drug-likeness (QED) is 0.156. The van der Waals surface area contributed by atoms with E-state index in [4.69, 9.17) is 0 Å². The van der Waals surface area contributed by atoms with Gasteiger partial charge in [-0.1, -0.05) is 152 Å². The molecule has 2 nitrogen and oxygen atoms in total. The number of hydrogen-bond acceptors (Lipinski definition) is 3. The molecule has 0 spiro atoms. The highest BCUT2D eigenvalue weighted by Gasteiger charge is 2.22. The highest BCUT2D eigenvalue weighted by Crippen LogP contribution is 2.48. The molecule has 3 aromatic heterocycles. The topological polar surface area (TPSA) is 8.17 Å². The van der Waals surface area contributed by atoms with Crippen molar-refractivity contribution in [2.24, 2.45) is 0 Å². The fourth-order valence-electron chi connectivity index (χ4n) is 11.2. The minimum atomic E-state index is 1.12. The number of para-hydroxylation sites is 1. The summed E-state index contributed by atoms with van der Waals surface area (Å²) in [7, 11) is 0. The van der Waals surface area contributed by atoms with E-state index in [9.17, 15) is 0 Å². The summed E-state index contributed by atoms with van der Waals surface area (Å²) in [5.41, 5.74) is 9.43. The van der Waals surface area contributed by atoms with Crippen molar-refractivity contribution in [2.75, 3.05) is 4.90 Å². The van der Waals surface area contributed by atoms with Crippen LogP contribution in [0.4, 0.5) is 17.1 Å². The average Bonchev–Trinajstić information content (AvgIpc) is 4.07. The molecule has 15 rings (SSSR count). The van der Waals surface area contributed by atoms with Crippen LogP contribution in [0.1, 0.15) is 0 Å². The molecule has 0 aliphatic carbocycles. The first-order chi connectivity index (χ1) is 33.7. The van der Waals surface area contributed by atoms with Crippen LogP contribution < -0.4 is 4.90 Å². The van der Waals surface area contributed by atoms with Crippen LogP contribution in [0, 0.1) is 0 Å². The maximum absolute atomic E-state index is 2.55. The van der Waals surface area contributed by atoms with Gasteiger partial charge in [-0.15, -0.1) is 22.7 Å². The molecule has 0 aliphatic rings. The van der Waals surface area contributed by atoms with E-state index in [1.807, 2.05) is 22.7 Å². The number of aromatic nitrogens is 1. The lowest BCUT2D eigenvalue weighted by Crippen LogP contribution is -2.09. The molecule has 0 aliphatic heterocycles. The number of hydrogen-bond donors (Lipinski definition) is 0. The summed E-state index contributed by atoms with van der Waals surface area (Å²) in [6.07, 6.45) is 0. The van der Waals surface area contributed by atoms with E-state index >= 15 is 0 Å². The molecule has 0 bridgehead atoms. The number of anilines is 3. The van der Waals surface area contributed by atoms with Gasteiger partial charge < -0.3 is 9.47 Å². The Morgan fingerprint density at radius 3 is 1.68 bits per heavy atom. The molecule has 0 unspecified atom stereocenters. The Morgan fingerprint density at radius 2 is 0.882 bits per heavy atom. The predicted octanol–water partition coefficient (Wildman–Crippen LogP) is 19.3. The second-order valence-electron chi connectivity index (χ2n) is 18.0. The Morgan fingerprint density at radius 1 is 0.294 bits per heavy atom. The van der Waals surface area contributed by atoms with Crippen LogP contribution in [0.2, 0.25) is 0 Å². The normalized spacial score (nSPS) is 12.1. The van der Waals surface area contributed by atoms with Crippen molar-refractivity contribution in [3.05, 3.63) is 231 Å². The summed E-state index contributed by atoms with van der Waals surface area (Å²) in [4.78, 5) is 2.38. The molecule has 0 amide bonds. The van der Waals surface area contributed by atoms with Gasteiger partial charge in [-0.05, 0) is 128 Å². The van der Waals surface area contributed by atoms with E-state index in [2.05, 4.69) is 240 Å². The fourth-order valence-corrected chi connectivity index (χ4v) is 13.6. The Balaban J connectivity index is 0.927. The minimum absolute atomic E-state index is 1.12. The van der Waals surface area contributed by atoms with Crippen LogP contribution >= 0.6 is 22.7 Å². The SMILES string of the molecule is c1ccc(N(c2ccc(-c3ccc4c(c3)c3ccc5c6cc7c8ccccc8c8ccccc8c7cc6sc5c3n4-c3cccc4ccccc34)cc2)c2ccc3sc4ccccc4c3c2)cc1. The van der Waals surface area contributed by atoms with Gasteiger partial charge in [-0.3, -0.25) is 0 Å². The highest BCUT2D eigenvalue weighted by atomic mass is 32.1. The molecule has 0 fully saturated rings. The third kappa shape index (κ3) is 5.56. The van der Waals surface area contributed by atoms with Crippen LogP contribution in [0.5, 0.6) is 0 Å².